The maximum atomic E-state index is 10.9. The van der Waals surface area contributed by atoms with E-state index in [1.165, 1.54) is 0 Å². The molecular weight excluding hydrogens is 332 g/mol. The van der Waals surface area contributed by atoms with E-state index >= 15 is 0 Å². The van der Waals surface area contributed by atoms with Crippen LogP contribution in [0.25, 0.3) is 0 Å². The summed E-state index contributed by atoms with van der Waals surface area (Å²) in [6.07, 6.45) is -0.333. The molecule has 3 aliphatic heterocycles. The summed E-state index contributed by atoms with van der Waals surface area (Å²) in [4.78, 5) is 21.2. The van der Waals surface area contributed by atoms with E-state index in [0.29, 0.717) is 13.0 Å². The van der Waals surface area contributed by atoms with Gasteiger partial charge in [0.05, 0.1) is 0 Å². The van der Waals surface area contributed by atoms with E-state index in [9.17, 15) is 15.0 Å². The maximum Gasteiger partial charge on any atom is 0.404 e. The average molecular weight is 356 g/mol. The normalized spacial score (nSPS) is 35.3. The highest BCUT2D eigenvalue weighted by Crippen LogP contribution is 2.48. The molecule has 0 radical (unpaired) electrons. The Labute approximate surface area is 144 Å². The molecule has 1 fully saturated rings. The SMILES string of the molecule is CNCC[C@H]1CC(O)(O)C23NC(N)=NC2[C@H](COC(N)=O)N=C(N)N13. The van der Waals surface area contributed by atoms with Gasteiger partial charge in [0, 0.05) is 12.5 Å². The minimum Gasteiger partial charge on any atom is -0.447 e. The van der Waals surface area contributed by atoms with E-state index in [1.54, 1.807) is 11.9 Å². The smallest absolute Gasteiger partial charge is 0.404 e. The topological polar surface area (TPSA) is 197 Å². The molecule has 4 atom stereocenters. The lowest BCUT2D eigenvalue weighted by Crippen LogP contribution is -2.77. The zero-order chi connectivity index (χ0) is 18.4. The van der Waals surface area contributed by atoms with Crippen LogP contribution < -0.4 is 27.8 Å². The molecule has 0 saturated carbocycles. The lowest BCUT2D eigenvalue weighted by molar-refractivity contribution is -0.221. The van der Waals surface area contributed by atoms with Crippen molar-refractivity contribution in [1.82, 2.24) is 15.5 Å². The van der Waals surface area contributed by atoms with E-state index in [1.807, 2.05) is 0 Å². The van der Waals surface area contributed by atoms with Gasteiger partial charge in [-0.05, 0) is 20.0 Å². The fourth-order valence-electron chi connectivity index (χ4n) is 4.01. The van der Waals surface area contributed by atoms with E-state index in [-0.39, 0.29) is 31.0 Å². The Kier molecular flexibility index (Phi) is 4.13. The van der Waals surface area contributed by atoms with Gasteiger partial charge in [0.25, 0.3) is 0 Å². The van der Waals surface area contributed by atoms with E-state index in [4.69, 9.17) is 21.9 Å². The van der Waals surface area contributed by atoms with Gasteiger partial charge >= 0.3 is 6.09 Å². The summed E-state index contributed by atoms with van der Waals surface area (Å²) in [6.45, 7) is 0.446. The first-order chi connectivity index (χ1) is 11.7. The summed E-state index contributed by atoms with van der Waals surface area (Å²) in [6, 6.07) is -1.85. The van der Waals surface area contributed by atoms with Crippen LogP contribution in [0.1, 0.15) is 12.8 Å². The molecule has 140 valence electrons. The fourth-order valence-corrected chi connectivity index (χ4v) is 4.01. The average Bonchev–Trinajstić information content (AvgIpc) is 2.98. The van der Waals surface area contributed by atoms with Crippen LogP contribution in [0, 0.1) is 0 Å². The number of rotatable bonds is 5. The summed E-state index contributed by atoms with van der Waals surface area (Å²) in [7, 11) is 1.80. The Morgan fingerprint density at radius 1 is 1.48 bits per heavy atom. The van der Waals surface area contributed by atoms with Gasteiger partial charge in [0.2, 0.25) is 5.79 Å². The van der Waals surface area contributed by atoms with Crippen molar-refractivity contribution in [3.8, 4) is 0 Å². The Morgan fingerprint density at radius 3 is 2.84 bits per heavy atom. The molecule has 12 heteroatoms. The van der Waals surface area contributed by atoms with Crippen molar-refractivity contribution in [2.45, 2.75) is 42.4 Å². The molecule has 1 amide bonds. The molecule has 0 aromatic rings. The predicted octanol–water partition coefficient (Wildman–Crippen LogP) is -3.87. The number of ether oxygens (including phenoxy) is 1. The van der Waals surface area contributed by atoms with Crippen molar-refractivity contribution < 1.29 is 19.7 Å². The van der Waals surface area contributed by atoms with Crippen molar-refractivity contribution in [2.24, 2.45) is 27.2 Å². The van der Waals surface area contributed by atoms with Gasteiger partial charge in [-0.2, -0.15) is 0 Å². The Hall–Kier alpha value is -2.31. The molecule has 1 saturated heterocycles. The summed E-state index contributed by atoms with van der Waals surface area (Å²) in [5, 5.41) is 27.5. The van der Waals surface area contributed by atoms with Gasteiger partial charge in [0.1, 0.15) is 18.7 Å². The van der Waals surface area contributed by atoms with Crippen LogP contribution in [0.3, 0.4) is 0 Å². The number of carbonyl (C=O) groups is 1. The second kappa shape index (κ2) is 5.89. The van der Waals surface area contributed by atoms with E-state index in [0.717, 1.165) is 0 Å². The molecule has 1 spiro atoms. The summed E-state index contributed by atoms with van der Waals surface area (Å²) >= 11 is 0. The first kappa shape index (κ1) is 17.5. The third kappa shape index (κ3) is 2.53. The molecule has 10 N–H and O–H groups in total. The van der Waals surface area contributed by atoms with Crippen LogP contribution in [0.2, 0.25) is 0 Å². The Balaban J connectivity index is 2.00. The van der Waals surface area contributed by atoms with Gasteiger partial charge in [-0.15, -0.1) is 0 Å². The molecule has 25 heavy (non-hydrogen) atoms. The molecule has 3 heterocycles. The second-order valence-electron chi connectivity index (χ2n) is 6.47. The van der Waals surface area contributed by atoms with E-state index in [2.05, 4.69) is 20.6 Å². The standard InChI is InChI=1S/C13H24N8O4/c1-17-3-2-6-4-12(23,24)13-8(19-9(14)20-13)7(5-25-11(16)22)18-10(15)21(6)13/h6-8,17,23-24H,2-5H2,1H3,(H2,15,18)(H2,16,22)(H3,14,19,20)/t6-,7-,8?,13?/m0/s1. The van der Waals surface area contributed by atoms with E-state index < -0.39 is 29.6 Å². The number of guanidine groups is 2. The third-order valence-corrected chi connectivity index (χ3v) is 4.93. The number of amides is 1. The van der Waals surface area contributed by atoms with Crippen LogP contribution in [0.5, 0.6) is 0 Å². The van der Waals surface area contributed by atoms with Gasteiger partial charge < -0.3 is 47.7 Å². The quantitative estimate of drug-likeness (QED) is 0.241. The van der Waals surface area contributed by atoms with Gasteiger partial charge in [-0.3, -0.25) is 0 Å². The molecule has 3 aliphatic rings. The maximum absolute atomic E-state index is 10.9. The summed E-state index contributed by atoms with van der Waals surface area (Å²) < 4.78 is 4.82. The molecule has 0 aromatic heterocycles. The highest BCUT2D eigenvalue weighted by molar-refractivity contribution is 5.87. The number of nitrogens with two attached hydrogens (primary N) is 3. The fraction of sp³-hybridized carbons (Fsp3) is 0.769. The number of nitrogens with zero attached hydrogens (tertiary/aromatic N) is 3. The predicted molar refractivity (Wildman–Crippen MR) is 88.2 cm³/mol. The molecule has 2 unspecified atom stereocenters. The summed E-state index contributed by atoms with van der Waals surface area (Å²) in [5.74, 6) is -2.05. The number of hydrogen-bond acceptors (Lipinski definition) is 11. The number of aliphatic imine (C=N–C) groups is 2. The van der Waals surface area contributed by atoms with Crippen molar-refractivity contribution in [1.29, 1.82) is 0 Å². The zero-order valence-electron chi connectivity index (χ0n) is 13.8. The molecule has 0 aliphatic carbocycles. The van der Waals surface area contributed by atoms with Gasteiger partial charge in [-0.1, -0.05) is 0 Å². The third-order valence-electron chi connectivity index (χ3n) is 4.93. The lowest BCUT2D eigenvalue weighted by atomic mass is 9.86. The minimum atomic E-state index is -2.17. The van der Waals surface area contributed by atoms with Crippen LogP contribution >= 0.6 is 0 Å². The monoisotopic (exact) mass is 356 g/mol. The largest absolute Gasteiger partial charge is 0.447 e. The van der Waals surface area contributed by atoms with Crippen LogP contribution in [-0.2, 0) is 4.74 Å². The minimum absolute atomic E-state index is 0.0284. The Bertz CT molecular complexity index is 623. The molecule has 3 rings (SSSR count). The van der Waals surface area contributed by atoms with Crippen LogP contribution in [0.4, 0.5) is 4.79 Å². The van der Waals surface area contributed by atoms with Crippen LogP contribution in [0.15, 0.2) is 9.98 Å². The van der Waals surface area contributed by atoms with Crippen LogP contribution in [-0.4, -0.2) is 82.9 Å². The number of carbonyl (C=O) groups excluding carboxylic acids is 1. The first-order valence-electron chi connectivity index (χ1n) is 7.98. The first-order valence-corrected chi connectivity index (χ1v) is 7.98. The van der Waals surface area contributed by atoms with Crippen molar-refractivity contribution in [2.75, 3.05) is 20.2 Å². The van der Waals surface area contributed by atoms with Crippen molar-refractivity contribution >= 4 is 18.0 Å². The lowest BCUT2D eigenvalue weighted by Gasteiger charge is -2.49. The molecule has 12 nitrogen and oxygen atoms in total. The van der Waals surface area contributed by atoms with Crippen molar-refractivity contribution in [3.63, 3.8) is 0 Å². The summed E-state index contributed by atoms with van der Waals surface area (Å²) in [5.41, 5.74) is 15.5. The second-order valence-corrected chi connectivity index (χ2v) is 6.47. The number of hydrogen-bond donors (Lipinski definition) is 7. The van der Waals surface area contributed by atoms with Gasteiger partial charge in [-0.25, -0.2) is 14.8 Å². The molecule has 0 bridgehead atoms. The number of nitrogens with one attached hydrogen (secondary N) is 2. The highest BCUT2D eigenvalue weighted by Gasteiger charge is 2.71. The molecule has 0 aromatic carbocycles. The number of primary amides is 1. The highest BCUT2D eigenvalue weighted by atomic mass is 16.5. The number of aliphatic hydroxyl groups is 2. The zero-order valence-corrected chi connectivity index (χ0v) is 13.8. The molecular formula is C13H24N8O4. The van der Waals surface area contributed by atoms with Crippen molar-refractivity contribution in [3.05, 3.63) is 0 Å². The van der Waals surface area contributed by atoms with Gasteiger partial charge in [0.15, 0.2) is 17.6 Å². The Morgan fingerprint density at radius 2 is 2.20 bits per heavy atom.